The molecule has 1 heterocycles. The molecule has 1 nitrogen and oxygen atoms in total. The molecule has 0 aliphatic rings. The second kappa shape index (κ2) is 5.11. The van der Waals surface area contributed by atoms with Crippen LogP contribution in [0.5, 0.6) is 0 Å². The summed E-state index contributed by atoms with van der Waals surface area (Å²) < 4.78 is 0.793. The number of halogens is 3. The Balaban J connectivity index is 2.50. The highest BCUT2D eigenvalue weighted by Gasteiger charge is 2.18. The van der Waals surface area contributed by atoms with E-state index in [-0.39, 0.29) is 5.78 Å². The summed E-state index contributed by atoms with van der Waals surface area (Å²) >= 11 is 16.7. The number of carbonyl (C=O) groups excluding carboxylic acids is 1. The first-order chi connectivity index (χ1) is 7.99. The normalized spacial score (nSPS) is 10.6. The second-order valence-electron chi connectivity index (χ2n) is 3.49. The predicted octanol–water partition coefficient (Wildman–Crippen LogP) is 5.36. The van der Waals surface area contributed by atoms with Crippen LogP contribution in [-0.4, -0.2) is 5.78 Å². The molecule has 0 bridgehead atoms. The maximum absolute atomic E-state index is 12.3. The van der Waals surface area contributed by atoms with E-state index in [4.69, 9.17) is 23.2 Å². The summed E-state index contributed by atoms with van der Waals surface area (Å²) in [6, 6.07) is 6.80. The van der Waals surface area contributed by atoms with Crippen LogP contribution in [0.3, 0.4) is 0 Å². The molecule has 0 atom stereocenters. The first-order valence-electron chi connectivity index (χ1n) is 4.74. The van der Waals surface area contributed by atoms with Gasteiger partial charge in [-0.05, 0) is 47.1 Å². The largest absolute Gasteiger partial charge is 0.288 e. The maximum atomic E-state index is 12.3. The zero-order chi connectivity index (χ0) is 12.6. The average molecular weight is 350 g/mol. The van der Waals surface area contributed by atoms with Gasteiger partial charge in [0.25, 0.3) is 0 Å². The first-order valence-corrected chi connectivity index (χ1v) is 7.11. The van der Waals surface area contributed by atoms with Crippen molar-refractivity contribution >= 4 is 56.3 Å². The van der Waals surface area contributed by atoms with Gasteiger partial charge in [-0.25, -0.2) is 0 Å². The van der Waals surface area contributed by atoms with E-state index in [0.29, 0.717) is 20.5 Å². The van der Waals surface area contributed by atoms with E-state index in [1.165, 1.54) is 11.3 Å². The van der Waals surface area contributed by atoms with Crippen LogP contribution in [0, 0.1) is 6.92 Å². The summed E-state index contributed by atoms with van der Waals surface area (Å²) in [4.78, 5) is 14.0. The summed E-state index contributed by atoms with van der Waals surface area (Å²) in [5.41, 5.74) is 0.432. The van der Waals surface area contributed by atoms with Crippen molar-refractivity contribution in [3.63, 3.8) is 0 Å². The van der Waals surface area contributed by atoms with E-state index in [1.54, 1.807) is 18.2 Å². The van der Waals surface area contributed by atoms with Crippen molar-refractivity contribution in [1.82, 2.24) is 0 Å². The van der Waals surface area contributed by atoms with Crippen LogP contribution in [-0.2, 0) is 0 Å². The standard InChI is InChI=1S/C12H7BrCl2OS/c1-6-4-9(13)12(17-6)11(16)8-5-7(14)2-3-10(8)15/h2-5H,1H3. The van der Waals surface area contributed by atoms with Crippen molar-refractivity contribution in [3.8, 4) is 0 Å². The Morgan fingerprint density at radius 2 is 2.00 bits per heavy atom. The van der Waals surface area contributed by atoms with Crippen molar-refractivity contribution in [3.05, 3.63) is 54.1 Å². The molecule has 5 heteroatoms. The molecule has 0 aliphatic heterocycles. The topological polar surface area (TPSA) is 17.1 Å². The zero-order valence-electron chi connectivity index (χ0n) is 8.76. The molecule has 0 unspecified atom stereocenters. The Kier molecular flexibility index (Phi) is 3.93. The van der Waals surface area contributed by atoms with Gasteiger partial charge in [-0.1, -0.05) is 23.2 Å². The molecule has 88 valence electrons. The van der Waals surface area contributed by atoms with Gasteiger partial charge in [0.1, 0.15) is 0 Å². The number of benzene rings is 1. The number of carbonyl (C=O) groups is 1. The summed E-state index contributed by atoms with van der Waals surface area (Å²) in [6.07, 6.45) is 0. The van der Waals surface area contributed by atoms with E-state index in [9.17, 15) is 4.79 Å². The summed E-state index contributed by atoms with van der Waals surface area (Å²) in [7, 11) is 0. The third-order valence-electron chi connectivity index (χ3n) is 2.19. The number of hydrogen-bond donors (Lipinski definition) is 0. The molecule has 0 aliphatic carbocycles. The Bertz CT molecular complexity index is 592. The quantitative estimate of drug-likeness (QED) is 0.667. The van der Waals surface area contributed by atoms with Crippen molar-refractivity contribution in [2.45, 2.75) is 6.92 Å². The van der Waals surface area contributed by atoms with Crippen molar-refractivity contribution < 1.29 is 4.79 Å². The van der Waals surface area contributed by atoms with Gasteiger partial charge >= 0.3 is 0 Å². The van der Waals surface area contributed by atoms with E-state index in [0.717, 1.165) is 9.35 Å². The molecule has 0 radical (unpaired) electrons. The van der Waals surface area contributed by atoms with Gasteiger partial charge in [0.15, 0.2) is 0 Å². The van der Waals surface area contributed by atoms with E-state index < -0.39 is 0 Å². The highest BCUT2D eigenvalue weighted by molar-refractivity contribution is 9.10. The minimum Gasteiger partial charge on any atom is -0.288 e. The van der Waals surface area contributed by atoms with Gasteiger partial charge in [-0.2, -0.15) is 0 Å². The molecule has 2 aromatic rings. The fourth-order valence-corrected chi connectivity index (χ4v) is 3.58. The molecule has 0 amide bonds. The molecular weight excluding hydrogens is 343 g/mol. The lowest BCUT2D eigenvalue weighted by Gasteiger charge is -2.02. The van der Waals surface area contributed by atoms with Gasteiger partial charge < -0.3 is 0 Å². The third kappa shape index (κ3) is 2.74. The van der Waals surface area contributed by atoms with Gasteiger partial charge in [0.2, 0.25) is 5.78 Å². The smallest absolute Gasteiger partial charge is 0.205 e. The Hall–Kier alpha value is -0.350. The van der Waals surface area contributed by atoms with Gasteiger partial charge in [0, 0.05) is 19.9 Å². The number of aryl methyl sites for hydroxylation is 1. The lowest BCUT2D eigenvalue weighted by Crippen LogP contribution is -2.00. The summed E-state index contributed by atoms with van der Waals surface area (Å²) in [6.45, 7) is 1.95. The SMILES string of the molecule is Cc1cc(Br)c(C(=O)c2cc(Cl)ccc2Cl)s1. The average Bonchev–Trinajstić information content (AvgIpc) is 2.60. The van der Waals surface area contributed by atoms with Crippen LogP contribution in [0.1, 0.15) is 20.1 Å². The first kappa shape index (κ1) is 13.1. The molecule has 0 saturated carbocycles. The van der Waals surface area contributed by atoms with Crippen molar-refractivity contribution in [2.24, 2.45) is 0 Å². The van der Waals surface area contributed by atoms with Crippen LogP contribution >= 0.6 is 50.5 Å². The fourth-order valence-electron chi connectivity index (χ4n) is 1.43. The minimum atomic E-state index is -0.109. The number of thiophene rings is 1. The molecule has 0 saturated heterocycles. The summed E-state index contributed by atoms with van der Waals surface area (Å²) in [5.74, 6) is -0.109. The van der Waals surface area contributed by atoms with Crippen LogP contribution < -0.4 is 0 Å². The van der Waals surface area contributed by atoms with Crippen LogP contribution in [0.15, 0.2) is 28.7 Å². The molecule has 0 spiro atoms. The van der Waals surface area contributed by atoms with Gasteiger partial charge in [-0.15, -0.1) is 11.3 Å². The van der Waals surface area contributed by atoms with Gasteiger partial charge in [-0.3, -0.25) is 4.79 Å². The molecule has 0 fully saturated rings. The van der Waals surface area contributed by atoms with Crippen molar-refractivity contribution in [1.29, 1.82) is 0 Å². The monoisotopic (exact) mass is 348 g/mol. The summed E-state index contributed by atoms with van der Waals surface area (Å²) in [5, 5.41) is 0.916. The minimum absolute atomic E-state index is 0.109. The lowest BCUT2D eigenvalue weighted by atomic mass is 10.1. The molecule has 1 aromatic heterocycles. The highest BCUT2D eigenvalue weighted by Crippen LogP contribution is 2.31. The van der Waals surface area contributed by atoms with E-state index in [1.807, 2.05) is 13.0 Å². The highest BCUT2D eigenvalue weighted by atomic mass is 79.9. The molecule has 17 heavy (non-hydrogen) atoms. The predicted molar refractivity (Wildman–Crippen MR) is 76.7 cm³/mol. The molecule has 2 rings (SSSR count). The van der Waals surface area contributed by atoms with E-state index >= 15 is 0 Å². The molecular formula is C12H7BrCl2OS. The van der Waals surface area contributed by atoms with Crippen LogP contribution in [0.4, 0.5) is 0 Å². The number of hydrogen-bond acceptors (Lipinski definition) is 2. The van der Waals surface area contributed by atoms with Crippen LogP contribution in [0.2, 0.25) is 10.0 Å². The van der Waals surface area contributed by atoms with Gasteiger partial charge in [0.05, 0.1) is 9.90 Å². The second-order valence-corrected chi connectivity index (χ2v) is 6.44. The third-order valence-corrected chi connectivity index (χ3v) is 4.69. The Morgan fingerprint density at radius 3 is 2.59 bits per heavy atom. The lowest BCUT2D eigenvalue weighted by molar-refractivity contribution is 0.104. The number of ketones is 1. The zero-order valence-corrected chi connectivity index (χ0v) is 12.7. The van der Waals surface area contributed by atoms with Crippen LogP contribution in [0.25, 0.3) is 0 Å². The maximum Gasteiger partial charge on any atom is 0.205 e. The molecule has 1 aromatic carbocycles. The molecule has 0 N–H and O–H groups in total. The Morgan fingerprint density at radius 1 is 1.29 bits per heavy atom. The van der Waals surface area contributed by atoms with Crippen molar-refractivity contribution in [2.75, 3.05) is 0 Å². The number of rotatable bonds is 2. The van der Waals surface area contributed by atoms with E-state index in [2.05, 4.69) is 15.9 Å². The Labute approximate surface area is 121 Å². The fraction of sp³-hybridized carbons (Fsp3) is 0.0833.